The van der Waals surface area contributed by atoms with Gasteiger partial charge < -0.3 is 10.3 Å². The van der Waals surface area contributed by atoms with Crippen molar-refractivity contribution in [3.8, 4) is 11.3 Å². The molecular weight excluding hydrogens is 361 g/mol. The van der Waals surface area contributed by atoms with Gasteiger partial charge in [0, 0.05) is 29.3 Å². The molecule has 7 heteroatoms. The van der Waals surface area contributed by atoms with Gasteiger partial charge in [0.25, 0.3) is 5.56 Å². The Labute approximate surface area is 156 Å². The van der Waals surface area contributed by atoms with Gasteiger partial charge >= 0.3 is 0 Å². The number of hydrogen-bond donors (Lipinski definition) is 1. The van der Waals surface area contributed by atoms with Gasteiger partial charge in [-0.25, -0.2) is 0 Å². The van der Waals surface area contributed by atoms with Crippen molar-refractivity contribution in [3.63, 3.8) is 0 Å². The van der Waals surface area contributed by atoms with Crippen molar-refractivity contribution >= 4 is 41.5 Å². The number of nitrogens with two attached hydrogens (primary N) is 1. The fraction of sp³-hybridized carbons (Fsp3) is 0.167. The van der Waals surface area contributed by atoms with Crippen LogP contribution >= 0.6 is 24.8 Å². The first-order valence-electron chi connectivity index (χ1n) is 7.59. The summed E-state index contributed by atoms with van der Waals surface area (Å²) in [4.78, 5) is 29.9. The average Bonchev–Trinajstić information content (AvgIpc) is 2.89. The van der Waals surface area contributed by atoms with E-state index in [-0.39, 0.29) is 36.2 Å². The summed E-state index contributed by atoms with van der Waals surface area (Å²) in [6.07, 6.45) is 2.25. The largest absolute Gasteiger partial charge is 0.330 e. The van der Waals surface area contributed by atoms with Gasteiger partial charge in [0.1, 0.15) is 5.52 Å². The van der Waals surface area contributed by atoms with E-state index in [1.807, 2.05) is 18.2 Å². The lowest BCUT2D eigenvalue weighted by molar-refractivity contribution is 0.104. The molecule has 1 aliphatic carbocycles. The second kappa shape index (κ2) is 7.35. The van der Waals surface area contributed by atoms with Crippen molar-refractivity contribution < 1.29 is 4.79 Å². The molecule has 0 radical (unpaired) electrons. The van der Waals surface area contributed by atoms with Crippen LogP contribution in [-0.4, -0.2) is 21.9 Å². The van der Waals surface area contributed by atoms with Crippen LogP contribution in [0.3, 0.4) is 0 Å². The van der Waals surface area contributed by atoms with Gasteiger partial charge in [-0.1, -0.05) is 30.3 Å². The third kappa shape index (κ3) is 2.74. The molecule has 4 rings (SSSR count). The van der Waals surface area contributed by atoms with Crippen LogP contribution in [0.4, 0.5) is 0 Å². The van der Waals surface area contributed by atoms with Gasteiger partial charge in [0.05, 0.1) is 11.3 Å². The summed E-state index contributed by atoms with van der Waals surface area (Å²) in [6.45, 7) is 0.961. The van der Waals surface area contributed by atoms with Crippen molar-refractivity contribution in [2.75, 3.05) is 6.54 Å². The number of rotatable bonds is 3. The Hall–Kier alpha value is -2.21. The first kappa shape index (κ1) is 19.1. The Kier molecular flexibility index (Phi) is 5.62. The summed E-state index contributed by atoms with van der Waals surface area (Å²) in [5, 5.41) is 0.623. The molecule has 0 saturated carbocycles. The number of pyridine rings is 2. The van der Waals surface area contributed by atoms with Crippen LogP contribution in [0.2, 0.25) is 0 Å². The molecule has 130 valence electrons. The molecule has 5 nitrogen and oxygen atoms in total. The minimum Gasteiger partial charge on any atom is -0.330 e. The van der Waals surface area contributed by atoms with E-state index in [9.17, 15) is 9.59 Å². The van der Waals surface area contributed by atoms with Gasteiger partial charge in [-0.3, -0.25) is 14.6 Å². The van der Waals surface area contributed by atoms with E-state index < -0.39 is 0 Å². The maximum absolute atomic E-state index is 12.9. The summed E-state index contributed by atoms with van der Waals surface area (Å²) < 4.78 is 1.65. The summed E-state index contributed by atoms with van der Waals surface area (Å²) in [6, 6.07) is 11.0. The van der Waals surface area contributed by atoms with E-state index in [0.29, 0.717) is 47.2 Å². The zero-order chi connectivity index (χ0) is 16.0. The second-order valence-corrected chi connectivity index (χ2v) is 5.60. The number of hydrogen-bond acceptors (Lipinski definition) is 4. The molecule has 0 amide bonds. The van der Waals surface area contributed by atoms with E-state index in [0.717, 1.165) is 5.56 Å². The van der Waals surface area contributed by atoms with Gasteiger partial charge in [0.2, 0.25) is 0 Å². The molecule has 0 aliphatic heterocycles. The molecule has 2 N–H and O–H groups in total. The smallest absolute Gasteiger partial charge is 0.277 e. The fourth-order valence-corrected chi connectivity index (χ4v) is 3.26. The van der Waals surface area contributed by atoms with E-state index >= 15 is 0 Å². The van der Waals surface area contributed by atoms with E-state index in [1.165, 1.54) is 0 Å². The lowest BCUT2D eigenvalue weighted by Gasteiger charge is -2.14. The van der Waals surface area contributed by atoms with Crippen molar-refractivity contribution in [1.82, 2.24) is 9.55 Å². The van der Waals surface area contributed by atoms with Crippen molar-refractivity contribution in [3.05, 3.63) is 64.1 Å². The minimum atomic E-state index is -0.169. The molecule has 3 aromatic rings. The summed E-state index contributed by atoms with van der Waals surface area (Å²) in [5.41, 5.74) is 8.50. The number of aromatic nitrogens is 2. The first-order chi connectivity index (χ1) is 11.2. The summed E-state index contributed by atoms with van der Waals surface area (Å²) >= 11 is 0. The monoisotopic (exact) mass is 377 g/mol. The Morgan fingerprint density at radius 1 is 1.00 bits per heavy atom. The molecule has 2 aromatic heterocycles. The van der Waals surface area contributed by atoms with E-state index in [4.69, 9.17) is 5.73 Å². The predicted molar refractivity (Wildman–Crippen MR) is 103 cm³/mol. The lowest BCUT2D eigenvalue weighted by atomic mass is 10.1. The van der Waals surface area contributed by atoms with Crippen LogP contribution in [0, 0.1) is 0 Å². The highest BCUT2D eigenvalue weighted by atomic mass is 35.5. The van der Waals surface area contributed by atoms with Crippen LogP contribution in [0.5, 0.6) is 0 Å². The van der Waals surface area contributed by atoms with Crippen LogP contribution < -0.4 is 11.3 Å². The van der Waals surface area contributed by atoms with Crippen LogP contribution in [0.15, 0.2) is 47.4 Å². The number of benzene rings is 1. The number of carbonyl (C=O) groups excluding carboxylic acids is 1. The predicted octanol–water partition coefficient (Wildman–Crippen LogP) is 2.80. The normalized spacial score (nSPS) is 11.5. The van der Waals surface area contributed by atoms with Gasteiger partial charge in [-0.05, 0) is 19.0 Å². The molecule has 1 aromatic carbocycles. The molecule has 0 bridgehead atoms. The molecule has 0 fully saturated rings. The standard InChI is InChI=1S/C18H15N3O2.2ClH/c19-8-4-10-21-16-11-5-1-2-6-12(11)17(22)14(16)13-7-3-9-20-15(13)18(21)23;;/h1-3,5-7,9H,4,8,10,19H2;2*1H. The SMILES string of the molecule is Cl.Cl.NCCCn1c2c(c3cccnc3c1=O)C(=O)c1ccccc1-2. The van der Waals surface area contributed by atoms with Crippen molar-refractivity contribution in [1.29, 1.82) is 0 Å². The first-order valence-corrected chi connectivity index (χ1v) is 7.59. The highest BCUT2D eigenvalue weighted by molar-refractivity contribution is 6.26. The Morgan fingerprint density at radius 2 is 1.72 bits per heavy atom. The number of fused-ring (bicyclic) bond motifs is 5. The van der Waals surface area contributed by atoms with Crippen LogP contribution in [0.1, 0.15) is 22.3 Å². The van der Waals surface area contributed by atoms with Crippen LogP contribution in [0.25, 0.3) is 22.2 Å². The summed E-state index contributed by atoms with van der Waals surface area (Å²) in [5.74, 6) is -0.0462. The second-order valence-electron chi connectivity index (χ2n) is 5.60. The maximum Gasteiger partial charge on any atom is 0.277 e. The third-order valence-electron chi connectivity index (χ3n) is 4.27. The van der Waals surface area contributed by atoms with Crippen molar-refractivity contribution in [2.45, 2.75) is 13.0 Å². The molecule has 0 spiro atoms. The Morgan fingerprint density at radius 3 is 2.44 bits per heavy atom. The number of nitrogens with zero attached hydrogens (tertiary/aromatic N) is 2. The van der Waals surface area contributed by atoms with Gasteiger partial charge in [-0.15, -0.1) is 24.8 Å². The maximum atomic E-state index is 12.9. The average molecular weight is 378 g/mol. The molecule has 1 aliphatic rings. The van der Waals surface area contributed by atoms with E-state index in [2.05, 4.69) is 4.98 Å². The molecule has 0 unspecified atom stereocenters. The topological polar surface area (TPSA) is 78.0 Å². The third-order valence-corrected chi connectivity index (χ3v) is 4.27. The highest BCUT2D eigenvalue weighted by Crippen LogP contribution is 2.38. The minimum absolute atomic E-state index is 0. The Balaban J connectivity index is 0.00000113. The molecule has 25 heavy (non-hydrogen) atoms. The molecular formula is C18H17Cl2N3O2. The quantitative estimate of drug-likeness (QED) is 0.595. The number of ketones is 1. The molecule has 0 saturated heterocycles. The Bertz CT molecular complexity index is 1010. The van der Waals surface area contributed by atoms with Gasteiger partial charge in [-0.2, -0.15) is 0 Å². The molecule has 0 atom stereocenters. The van der Waals surface area contributed by atoms with Gasteiger partial charge in [0.15, 0.2) is 5.78 Å². The van der Waals surface area contributed by atoms with Crippen molar-refractivity contribution in [2.24, 2.45) is 5.73 Å². The lowest BCUT2D eigenvalue weighted by Crippen LogP contribution is -2.25. The molecule has 2 heterocycles. The zero-order valence-electron chi connectivity index (χ0n) is 13.3. The number of halogens is 2. The highest BCUT2D eigenvalue weighted by Gasteiger charge is 2.32. The van der Waals surface area contributed by atoms with Crippen LogP contribution in [-0.2, 0) is 6.54 Å². The zero-order valence-corrected chi connectivity index (χ0v) is 14.9. The van der Waals surface area contributed by atoms with E-state index in [1.54, 1.807) is 29.0 Å². The number of carbonyl (C=O) groups is 1. The fourth-order valence-electron chi connectivity index (χ4n) is 3.26. The summed E-state index contributed by atoms with van der Waals surface area (Å²) in [7, 11) is 0.